The summed E-state index contributed by atoms with van der Waals surface area (Å²) < 4.78 is 2.50. The average molecular weight is 280 g/mol. The van der Waals surface area contributed by atoms with E-state index in [1.54, 1.807) is 18.5 Å². The van der Waals surface area contributed by atoms with Crippen LogP contribution in [-0.4, -0.2) is 10.6 Å². The van der Waals surface area contributed by atoms with Crippen molar-refractivity contribution >= 4 is 27.5 Å². The van der Waals surface area contributed by atoms with Crippen molar-refractivity contribution in [3.63, 3.8) is 0 Å². The summed E-state index contributed by atoms with van der Waals surface area (Å²) in [5.74, 6) is 5.27. The van der Waals surface area contributed by atoms with E-state index in [1.165, 1.54) is 4.68 Å². The number of fused-ring (bicyclic) bond motifs is 2. The monoisotopic (exact) mass is 279 g/mol. The number of aromatic nitrogens is 1. The molecule has 3 N–H and O–H groups in total. The van der Waals surface area contributed by atoms with Gasteiger partial charge in [0.25, 0.3) is 5.91 Å². The lowest BCUT2D eigenvalue weighted by molar-refractivity contribution is 0.103. The van der Waals surface area contributed by atoms with E-state index in [2.05, 4.69) is 21.2 Å². The van der Waals surface area contributed by atoms with Gasteiger partial charge in [0.1, 0.15) is 0 Å². The summed E-state index contributed by atoms with van der Waals surface area (Å²) in [4.78, 5) is 10.8. The molecule has 0 saturated heterocycles. The van der Waals surface area contributed by atoms with Gasteiger partial charge >= 0.3 is 0 Å². The highest BCUT2D eigenvalue weighted by molar-refractivity contribution is 9.10. The van der Waals surface area contributed by atoms with Crippen molar-refractivity contribution in [2.24, 2.45) is 0 Å². The van der Waals surface area contributed by atoms with Crippen LogP contribution in [-0.2, 0) is 0 Å². The van der Waals surface area contributed by atoms with Crippen LogP contribution in [0, 0.1) is 0 Å². The van der Waals surface area contributed by atoms with Gasteiger partial charge in [-0.1, -0.05) is 6.07 Å². The fourth-order valence-electron chi connectivity index (χ4n) is 1.33. The molecule has 1 amide bonds. The Morgan fingerprint density at radius 1 is 1.31 bits per heavy atom. The first-order valence-electron chi connectivity index (χ1n) is 4.65. The number of nitrogens with zero attached hydrogens (tertiary/aromatic N) is 1. The number of rotatable bonds is 0. The van der Waals surface area contributed by atoms with Crippen LogP contribution < -0.4 is 11.2 Å². The van der Waals surface area contributed by atoms with Crippen molar-refractivity contribution in [3.8, 4) is 0 Å². The number of hydrogen-bond acceptors (Lipinski definition) is 2. The SMILES string of the molecule is Nn1ccc(Br)c1.O=C1Nc2cccc1c2. The molecule has 3 rings (SSSR count). The molecular weight excluding hydrogens is 270 g/mol. The maximum atomic E-state index is 10.8. The fraction of sp³-hybridized carbons (Fsp3) is 0. The smallest absolute Gasteiger partial charge is 0.255 e. The molecule has 2 bridgehead atoms. The molecule has 0 saturated carbocycles. The second-order valence-corrected chi connectivity index (χ2v) is 4.23. The Kier molecular flexibility index (Phi) is 2.96. The summed E-state index contributed by atoms with van der Waals surface area (Å²) in [6.45, 7) is 0. The molecule has 2 heterocycles. The Hall–Kier alpha value is -1.75. The number of nitrogens with two attached hydrogens (primary N) is 1. The Morgan fingerprint density at radius 3 is 2.56 bits per heavy atom. The first kappa shape index (κ1) is 10.8. The van der Waals surface area contributed by atoms with E-state index in [1.807, 2.05) is 24.3 Å². The maximum absolute atomic E-state index is 10.8. The van der Waals surface area contributed by atoms with Gasteiger partial charge in [0, 0.05) is 28.1 Å². The second kappa shape index (κ2) is 4.40. The van der Waals surface area contributed by atoms with Crippen molar-refractivity contribution in [2.75, 3.05) is 11.2 Å². The molecule has 2 aromatic rings. The quantitative estimate of drug-likeness (QED) is 0.727. The van der Waals surface area contributed by atoms with Crippen LogP contribution >= 0.6 is 15.9 Å². The van der Waals surface area contributed by atoms with Gasteiger partial charge in [-0.15, -0.1) is 0 Å². The van der Waals surface area contributed by atoms with Gasteiger partial charge in [0.05, 0.1) is 0 Å². The Labute approximate surface area is 101 Å². The van der Waals surface area contributed by atoms with E-state index in [9.17, 15) is 4.79 Å². The van der Waals surface area contributed by atoms with E-state index < -0.39 is 0 Å². The van der Waals surface area contributed by atoms with Gasteiger partial charge in [-0.2, -0.15) is 0 Å². The molecular formula is C11H10BrN3O. The summed E-state index contributed by atoms with van der Waals surface area (Å²) in [5, 5.41) is 2.68. The molecule has 0 unspecified atom stereocenters. The van der Waals surface area contributed by atoms with E-state index in [0.717, 1.165) is 15.7 Å². The predicted octanol–water partition coefficient (Wildman–Crippen LogP) is 2.22. The third-order valence-corrected chi connectivity index (χ3v) is 2.53. The number of anilines is 1. The lowest BCUT2D eigenvalue weighted by Crippen LogP contribution is -2.02. The highest BCUT2D eigenvalue weighted by Gasteiger charge is 2.12. The number of amides is 1. The zero-order valence-corrected chi connectivity index (χ0v) is 9.94. The van der Waals surface area contributed by atoms with Gasteiger partial charge in [-0.25, -0.2) is 0 Å². The van der Waals surface area contributed by atoms with Gasteiger partial charge in [0.15, 0.2) is 0 Å². The summed E-state index contributed by atoms with van der Waals surface area (Å²) >= 11 is 3.23. The van der Waals surface area contributed by atoms with Crippen molar-refractivity contribution in [1.82, 2.24) is 4.68 Å². The average Bonchev–Trinajstić information content (AvgIpc) is 2.73. The van der Waals surface area contributed by atoms with Crippen molar-refractivity contribution in [1.29, 1.82) is 0 Å². The minimum Gasteiger partial charge on any atom is -0.340 e. The molecule has 4 nitrogen and oxygen atoms in total. The molecule has 1 aliphatic rings. The van der Waals surface area contributed by atoms with Gasteiger partial charge in [0.2, 0.25) is 0 Å². The largest absolute Gasteiger partial charge is 0.340 e. The lowest BCUT2D eigenvalue weighted by Gasteiger charge is -1.86. The van der Waals surface area contributed by atoms with Crippen LogP contribution in [0.15, 0.2) is 47.2 Å². The van der Waals surface area contributed by atoms with Crippen molar-refractivity contribution in [2.45, 2.75) is 0 Å². The van der Waals surface area contributed by atoms with Crippen LogP contribution in [0.2, 0.25) is 0 Å². The highest BCUT2D eigenvalue weighted by atomic mass is 79.9. The van der Waals surface area contributed by atoms with Gasteiger partial charge < -0.3 is 11.2 Å². The zero-order chi connectivity index (χ0) is 11.5. The van der Waals surface area contributed by atoms with Crippen molar-refractivity contribution in [3.05, 3.63) is 52.8 Å². The van der Waals surface area contributed by atoms with E-state index in [4.69, 9.17) is 5.84 Å². The maximum Gasteiger partial charge on any atom is 0.255 e. The molecule has 0 radical (unpaired) electrons. The molecule has 0 fully saturated rings. The Morgan fingerprint density at radius 2 is 2.12 bits per heavy atom. The molecule has 0 atom stereocenters. The zero-order valence-electron chi connectivity index (χ0n) is 8.35. The predicted molar refractivity (Wildman–Crippen MR) is 66.7 cm³/mol. The standard InChI is InChI=1S/C7H5NO.C4H5BrN2/c9-7-5-2-1-3-6(4-5)8-7;5-4-1-2-7(6)3-4/h1-4H,(H,8,9);1-3H,6H2. The first-order valence-corrected chi connectivity index (χ1v) is 5.44. The molecule has 0 aliphatic carbocycles. The van der Waals surface area contributed by atoms with Crippen LogP contribution in [0.25, 0.3) is 0 Å². The third-order valence-electron chi connectivity index (χ3n) is 2.06. The van der Waals surface area contributed by atoms with Gasteiger partial charge in [-0.3, -0.25) is 9.47 Å². The minimum atomic E-state index is 0.00926. The van der Waals surface area contributed by atoms with Crippen molar-refractivity contribution < 1.29 is 4.79 Å². The Balaban J connectivity index is 0.000000125. The number of halogens is 1. The number of carbonyl (C=O) groups excluding carboxylic acids is 1. The number of carbonyl (C=O) groups is 1. The molecule has 5 heteroatoms. The molecule has 82 valence electrons. The van der Waals surface area contributed by atoms with E-state index >= 15 is 0 Å². The summed E-state index contributed by atoms with van der Waals surface area (Å²) in [6, 6.07) is 9.24. The molecule has 16 heavy (non-hydrogen) atoms. The third kappa shape index (κ3) is 2.43. The van der Waals surface area contributed by atoms with Crippen LogP contribution in [0.1, 0.15) is 10.4 Å². The van der Waals surface area contributed by atoms with E-state index in [-0.39, 0.29) is 5.91 Å². The summed E-state index contributed by atoms with van der Waals surface area (Å²) in [7, 11) is 0. The molecule has 1 aromatic heterocycles. The van der Waals surface area contributed by atoms with Crippen LogP contribution in [0.3, 0.4) is 0 Å². The normalized spacial score (nSPS) is 11.7. The number of benzene rings is 1. The first-order chi connectivity index (χ1) is 7.65. The lowest BCUT2D eigenvalue weighted by atomic mass is 10.2. The summed E-state index contributed by atoms with van der Waals surface area (Å²) in [5.41, 5.74) is 1.66. The number of nitrogen functional groups attached to an aromatic ring is 1. The summed E-state index contributed by atoms with van der Waals surface area (Å²) in [6.07, 6.45) is 3.55. The highest BCUT2D eigenvalue weighted by Crippen LogP contribution is 2.17. The topological polar surface area (TPSA) is 60.0 Å². The molecule has 1 aromatic carbocycles. The minimum absolute atomic E-state index is 0.00926. The van der Waals surface area contributed by atoms with E-state index in [0.29, 0.717) is 0 Å². The van der Waals surface area contributed by atoms with Crippen LogP contribution in [0.4, 0.5) is 5.69 Å². The fourth-order valence-corrected chi connectivity index (χ4v) is 1.68. The number of hydrogen-bond donors (Lipinski definition) is 2. The number of nitrogens with one attached hydrogen (secondary N) is 1. The van der Waals surface area contributed by atoms with Gasteiger partial charge in [-0.05, 0) is 40.2 Å². The van der Waals surface area contributed by atoms with Crippen LogP contribution in [0.5, 0.6) is 0 Å². The molecule has 0 spiro atoms. The Bertz CT molecular complexity index is 505. The molecule has 1 aliphatic heterocycles. The second-order valence-electron chi connectivity index (χ2n) is 3.31.